The molecule has 1 aliphatic carbocycles. The van der Waals surface area contributed by atoms with Gasteiger partial charge in [-0.15, -0.1) is 0 Å². The smallest absolute Gasteiger partial charge is 0.354 e. The van der Waals surface area contributed by atoms with E-state index < -0.39 is 11.7 Å². The summed E-state index contributed by atoms with van der Waals surface area (Å²) in [7, 11) is 0. The second kappa shape index (κ2) is 9.48. The fourth-order valence-corrected chi connectivity index (χ4v) is 4.47. The van der Waals surface area contributed by atoms with Crippen LogP contribution in [0.4, 0.5) is 19.0 Å². The van der Waals surface area contributed by atoms with Crippen LogP contribution in [0.1, 0.15) is 48.1 Å². The number of benzene rings is 1. The van der Waals surface area contributed by atoms with Gasteiger partial charge in [0.05, 0.1) is 18.2 Å². The van der Waals surface area contributed by atoms with Crippen molar-refractivity contribution in [2.45, 2.75) is 44.8 Å². The highest BCUT2D eigenvalue weighted by atomic mass is 19.4. The van der Waals surface area contributed by atoms with Gasteiger partial charge in [0.15, 0.2) is 0 Å². The van der Waals surface area contributed by atoms with E-state index in [-0.39, 0.29) is 11.9 Å². The van der Waals surface area contributed by atoms with Gasteiger partial charge in [0, 0.05) is 32.4 Å². The SMILES string of the molecule is CC(NC(=O)CN1CCN(c2ccc(C(F)(F)F)cn2)CC1)c1ccc2c(c1)CCCC2. The molecular weight excluding hydrogens is 417 g/mol. The molecule has 4 rings (SSSR count). The number of piperazine rings is 1. The minimum atomic E-state index is -4.38. The van der Waals surface area contributed by atoms with Crippen LogP contribution in [0, 0.1) is 0 Å². The number of nitrogens with zero attached hydrogens (tertiary/aromatic N) is 3. The van der Waals surface area contributed by atoms with Gasteiger partial charge in [0.1, 0.15) is 5.82 Å². The summed E-state index contributed by atoms with van der Waals surface area (Å²) in [5.41, 5.74) is 3.23. The molecule has 8 heteroatoms. The van der Waals surface area contributed by atoms with Gasteiger partial charge in [-0.1, -0.05) is 18.2 Å². The first-order valence-electron chi connectivity index (χ1n) is 11.2. The van der Waals surface area contributed by atoms with Crippen LogP contribution in [0.15, 0.2) is 36.5 Å². The van der Waals surface area contributed by atoms with E-state index in [9.17, 15) is 18.0 Å². The maximum absolute atomic E-state index is 12.7. The number of nitrogens with one attached hydrogen (secondary N) is 1. The fraction of sp³-hybridized carbons (Fsp3) is 0.500. The van der Waals surface area contributed by atoms with Crippen LogP contribution in [0.3, 0.4) is 0 Å². The molecule has 1 atom stereocenters. The van der Waals surface area contributed by atoms with E-state index >= 15 is 0 Å². The molecule has 0 saturated carbocycles. The highest BCUT2D eigenvalue weighted by Gasteiger charge is 2.31. The molecule has 0 radical (unpaired) electrons. The Labute approximate surface area is 186 Å². The Morgan fingerprint density at radius 2 is 1.78 bits per heavy atom. The third-order valence-corrected chi connectivity index (χ3v) is 6.39. The molecule has 1 amide bonds. The summed E-state index contributed by atoms with van der Waals surface area (Å²) >= 11 is 0. The summed E-state index contributed by atoms with van der Waals surface area (Å²) in [4.78, 5) is 20.6. The van der Waals surface area contributed by atoms with Crippen LogP contribution in [0.5, 0.6) is 0 Å². The van der Waals surface area contributed by atoms with Crippen molar-refractivity contribution in [1.29, 1.82) is 0 Å². The Morgan fingerprint density at radius 3 is 2.44 bits per heavy atom. The molecule has 5 nitrogen and oxygen atoms in total. The number of pyridine rings is 1. The normalized spacial score (nSPS) is 18.2. The molecular formula is C24H29F3N4O. The lowest BCUT2D eigenvalue weighted by atomic mass is 9.89. The van der Waals surface area contributed by atoms with Crippen molar-refractivity contribution in [3.05, 3.63) is 58.8 Å². The summed E-state index contributed by atoms with van der Waals surface area (Å²) in [5, 5.41) is 3.10. The molecule has 2 aliphatic rings. The molecule has 1 aliphatic heterocycles. The van der Waals surface area contributed by atoms with Crippen LogP contribution < -0.4 is 10.2 Å². The molecule has 2 heterocycles. The lowest BCUT2D eigenvalue weighted by Gasteiger charge is -2.35. The number of fused-ring (bicyclic) bond motifs is 1. The predicted octanol–water partition coefficient (Wildman–Crippen LogP) is 3.98. The molecule has 1 aromatic carbocycles. The Kier molecular flexibility index (Phi) is 6.69. The van der Waals surface area contributed by atoms with E-state index in [0.717, 1.165) is 30.7 Å². The van der Waals surface area contributed by atoms with Crippen molar-refractivity contribution < 1.29 is 18.0 Å². The largest absolute Gasteiger partial charge is 0.417 e. The molecule has 0 spiro atoms. The van der Waals surface area contributed by atoms with Gasteiger partial charge in [0.2, 0.25) is 5.91 Å². The maximum Gasteiger partial charge on any atom is 0.417 e. The van der Waals surface area contributed by atoms with E-state index in [1.165, 1.54) is 30.0 Å². The summed E-state index contributed by atoms with van der Waals surface area (Å²) in [6, 6.07) is 8.96. The molecule has 32 heavy (non-hydrogen) atoms. The van der Waals surface area contributed by atoms with Crippen molar-refractivity contribution in [2.75, 3.05) is 37.6 Å². The molecule has 1 aromatic heterocycles. The van der Waals surface area contributed by atoms with Crippen molar-refractivity contribution in [3.8, 4) is 0 Å². The van der Waals surface area contributed by atoms with Crippen molar-refractivity contribution in [2.24, 2.45) is 0 Å². The quantitative estimate of drug-likeness (QED) is 0.755. The third-order valence-electron chi connectivity index (χ3n) is 6.39. The average molecular weight is 447 g/mol. The van der Waals surface area contributed by atoms with Gasteiger partial charge in [-0.3, -0.25) is 9.69 Å². The zero-order valence-electron chi connectivity index (χ0n) is 18.3. The average Bonchev–Trinajstić information content (AvgIpc) is 2.78. The second-order valence-corrected chi connectivity index (χ2v) is 8.69. The van der Waals surface area contributed by atoms with Crippen LogP contribution in [-0.4, -0.2) is 48.5 Å². The van der Waals surface area contributed by atoms with Gasteiger partial charge in [-0.2, -0.15) is 13.2 Å². The number of halogens is 3. The zero-order chi connectivity index (χ0) is 22.7. The molecule has 2 aromatic rings. The van der Waals surface area contributed by atoms with Crippen molar-refractivity contribution in [1.82, 2.24) is 15.2 Å². The van der Waals surface area contributed by atoms with Gasteiger partial charge in [-0.25, -0.2) is 4.98 Å². The number of rotatable bonds is 5. The highest BCUT2D eigenvalue weighted by molar-refractivity contribution is 5.78. The maximum atomic E-state index is 12.7. The lowest BCUT2D eigenvalue weighted by Crippen LogP contribution is -2.50. The minimum Gasteiger partial charge on any atom is -0.354 e. The molecule has 0 bridgehead atoms. The Bertz CT molecular complexity index is 937. The van der Waals surface area contributed by atoms with E-state index in [2.05, 4.69) is 33.4 Å². The number of alkyl halides is 3. The first-order chi connectivity index (χ1) is 15.3. The first-order valence-corrected chi connectivity index (χ1v) is 11.2. The standard InChI is InChI=1S/C24H29F3N4O/c1-17(19-7-6-18-4-2-3-5-20(18)14-19)29-23(32)16-30-10-12-31(13-11-30)22-9-8-21(15-28-22)24(25,26)27/h6-9,14-15,17H,2-5,10-13,16H2,1H3,(H,29,32). The summed E-state index contributed by atoms with van der Waals surface area (Å²) in [6.07, 6.45) is 1.23. The first kappa shape index (κ1) is 22.6. The van der Waals surface area contributed by atoms with E-state index in [4.69, 9.17) is 0 Å². The predicted molar refractivity (Wildman–Crippen MR) is 118 cm³/mol. The number of carbonyl (C=O) groups excluding carboxylic acids is 1. The topological polar surface area (TPSA) is 48.5 Å². The number of carbonyl (C=O) groups is 1. The van der Waals surface area contributed by atoms with Crippen molar-refractivity contribution in [3.63, 3.8) is 0 Å². The third kappa shape index (κ3) is 5.41. The zero-order valence-corrected chi connectivity index (χ0v) is 18.3. The molecule has 1 fully saturated rings. The van der Waals surface area contributed by atoms with Crippen LogP contribution in [0.2, 0.25) is 0 Å². The molecule has 1 unspecified atom stereocenters. The summed E-state index contributed by atoms with van der Waals surface area (Å²) < 4.78 is 38.1. The number of hydrogen-bond donors (Lipinski definition) is 1. The monoisotopic (exact) mass is 446 g/mol. The minimum absolute atomic E-state index is 0.0173. The van der Waals surface area contributed by atoms with Crippen LogP contribution >= 0.6 is 0 Å². The van der Waals surface area contributed by atoms with E-state index in [1.807, 2.05) is 11.8 Å². The van der Waals surface area contributed by atoms with Gasteiger partial charge >= 0.3 is 6.18 Å². The van der Waals surface area contributed by atoms with Crippen LogP contribution in [-0.2, 0) is 23.8 Å². The Balaban J connectivity index is 1.25. The molecule has 172 valence electrons. The van der Waals surface area contributed by atoms with Crippen LogP contribution in [0.25, 0.3) is 0 Å². The lowest BCUT2D eigenvalue weighted by molar-refractivity contribution is -0.137. The van der Waals surface area contributed by atoms with Crippen molar-refractivity contribution >= 4 is 11.7 Å². The van der Waals surface area contributed by atoms with Gasteiger partial charge < -0.3 is 10.2 Å². The number of anilines is 1. The Morgan fingerprint density at radius 1 is 1.06 bits per heavy atom. The summed E-state index contributed by atoms with van der Waals surface area (Å²) in [5.74, 6) is 0.513. The van der Waals surface area contributed by atoms with E-state index in [0.29, 0.717) is 38.5 Å². The number of aryl methyl sites for hydroxylation is 2. The Hall–Kier alpha value is -2.61. The fourth-order valence-electron chi connectivity index (χ4n) is 4.47. The number of amides is 1. The van der Waals surface area contributed by atoms with Gasteiger partial charge in [-0.05, 0) is 61.4 Å². The second-order valence-electron chi connectivity index (χ2n) is 8.69. The highest BCUT2D eigenvalue weighted by Crippen LogP contribution is 2.29. The summed E-state index contributed by atoms with van der Waals surface area (Å²) in [6.45, 7) is 4.87. The van der Waals surface area contributed by atoms with E-state index in [1.54, 1.807) is 0 Å². The van der Waals surface area contributed by atoms with Gasteiger partial charge in [0.25, 0.3) is 0 Å². The number of aromatic nitrogens is 1. The molecule has 1 saturated heterocycles. The number of hydrogen-bond acceptors (Lipinski definition) is 4. The molecule has 1 N–H and O–H groups in total.